The molecule has 31 heavy (non-hydrogen) atoms. The van der Waals surface area contributed by atoms with E-state index in [4.69, 9.17) is 9.47 Å². The molecule has 1 N–H and O–H groups in total. The minimum atomic E-state index is -0.309. The number of carbonyl (C=O) groups excluding carboxylic acids is 1. The van der Waals surface area contributed by atoms with Crippen molar-refractivity contribution in [1.29, 1.82) is 0 Å². The number of anilines is 1. The normalized spacial score (nSPS) is 10.8. The molecule has 0 spiro atoms. The van der Waals surface area contributed by atoms with E-state index in [2.05, 4.69) is 20.4 Å². The average Bonchev–Trinajstić information content (AvgIpc) is 3.08. The number of benzene rings is 1. The van der Waals surface area contributed by atoms with Crippen molar-refractivity contribution in [2.45, 2.75) is 20.5 Å². The van der Waals surface area contributed by atoms with Crippen LogP contribution in [0.1, 0.15) is 16.8 Å². The zero-order chi connectivity index (χ0) is 21.8. The molecule has 158 valence electrons. The van der Waals surface area contributed by atoms with E-state index in [0.717, 1.165) is 27.9 Å². The minimum absolute atomic E-state index is 0.175. The largest absolute Gasteiger partial charge is 0.473 e. The highest BCUT2D eigenvalue weighted by molar-refractivity contribution is 5.92. The summed E-state index contributed by atoms with van der Waals surface area (Å²) in [6, 6.07) is 15.2. The van der Waals surface area contributed by atoms with Crippen LogP contribution in [-0.4, -0.2) is 32.3 Å². The number of ether oxygens (including phenoxy) is 2. The predicted octanol–water partition coefficient (Wildman–Crippen LogP) is 3.58. The third kappa shape index (κ3) is 4.80. The Morgan fingerprint density at radius 2 is 1.90 bits per heavy atom. The van der Waals surface area contributed by atoms with Crippen molar-refractivity contribution >= 4 is 22.6 Å². The molecule has 1 amide bonds. The quantitative estimate of drug-likeness (QED) is 0.494. The molecule has 0 aliphatic rings. The van der Waals surface area contributed by atoms with E-state index >= 15 is 0 Å². The Labute approximate surface area is 179 Å². The molecule has 4 rings (SSSR count). The van der Waals surface area contributed by atoms with Gasteiger partial charge in [0, 0.05) is 18.8 Å². The molecular weight excluding hydrogens is 394 g/mol. The van der Waals surface area contributed by atoms with Gasteiger partial charge in [0.25, 0.3) is 5.91 Å². The molecule has 0 aliphatic carbocycles. The molecule has 0 bridgehead atoms. The Bertz CT molecular complexity index is 1200. The Morgan fingerprint density at radius 3 is 2.65 bits per heavy atom. The first-order chi connectivity index (χ1) is 15.0. The van der Waals surface area contributed by atoms with Crippen molar-refractivity contribution in [2.75, 3.05) is 11.9 Å². The van der Waals surface area contributed by atoms with E-state index in [9.17, 15) is 4.79 Å². The lowest BCUT2D eigenvalue weighted by atomic mass is 10.2. The second-order valence-electron chi connectivity index (χ2n) is 7.20. The van der Waals surface area contributed by atoms with Gasteiger partial charge in [0.1, 0.15) is 6.61 Å². The standard InChI is InChI=1S/C23H23N5O3/c1-15-11-16(2)25-22-21(15)23(27-28(22)3)31-14-19(29)26-18-9-10-20(24-12-18)30-13-17-7-5-4-6-8-17/h4-12H,13-14H2,1-3H3,(H,26,29). The van der Waals surface area contributed by atoms with E-state index in [-0.39, 0.29) is 12.5 Å². The van der Waals surface area contributed by atoms with Crippen molar-refractivity contribution in [3.05, 3.63) is 71.5 Å². The first kappa shape index (κ1) is 20.3. The summed E-state index contributed by atoms with van der Waals surface area (Å²) < 4.78 is 13.0. The molecule has 1 aromatic carbocycles. The number of carbonyl (C=O) groups is 1. The summed E-state index contributed by atoms with van der Waals surface area (Å²) in [4.78, 5) is 21.0. The number of hydrogen-bond acceptors (Lipinski definition) is 6. The van der Waals surface area contributed by atoms with Crippen LogP contribution in [0.15, 0.2) is 54.7 Å². The van der Waals surface area contributed by atoms with Crippen LogP contribution in [0.5, 0.6) is 11.8 Å². The number of rotatable bonds is 7. The third-order valence-corrected chi connectivity index (χ3v) is 4.68. The summed E-state index contributed by atoms with van der Waals surface area (Å²) in [7, 11) is 1.80. The third-order valence-electron chi connectivity index (χ3n) is 4.68. The molecule has 0 aliphatic heterocycles. The molecule has 0 saturated heterocycles. The maximum atomic E-state index is 12.3. The summed E-state index contributed by atoms with van der Waals surface area (Å²) in [6.07, 6.45) is 1.55. The summed E-state index contributed by atoms with van der Waals surface area (Å²) in [5.41, 5.74) is 4.24. The molecule has 3 aromatic heterocycles. The van der Waals surface area contributed by atoms with Crippen molar-refractivity contribution in [2.24, 2.45) is 7.05 Å². The Kier molecular flexibility index (Phi) is 5.79. The van der Waals surface area contributed by atoms with Gasteiger partial charge in [-0.15, -0.1) is 5.10 Å². The van der Waals surface area contributed by atoms with Crippen LogP contribution in [-0.2, 0) is 18.4 Å². The van der Waals surface area contributed by atoms with Crippen LogP contribution in [0.2, 0.25) is 0 Å². The van der Waals surface area contributed by atoms with Crippen LogP contribution in [0.3, 0.4) is 0 Å². The molecular formula is C23H23N5O3. The molecule has 3 heterocycles. The minimum Gasteiger partial charge on any atom is -0.473 e. The maximum absolute atomic E-state index is 12.3. The van der Waals surface area contributed by atoms with Crippen molar-refractivity contribution in [1.82, 2.24) is 19.7 Å². The van der Waals surface area contributed by atoms with Crippen LogP contribution in [0.4, 0.5) is 5.69 Å². The van der Waals surface area contributed by atoms with Gasteiger partial charge in [-0.05, 0) is 37.1 Å². The molecule has 0 atom stereocenters. The van der Waals surface area contributed by atoms with Gasteiger partial charge >= 0.3 is 0 Å². The summed E-state index contributed by atoms with van der Waals surface area (Å²) >= 11 is 0. The highest BCUT2D eigenvalue weighted by Gasteiger charge is 2.15. The fourth-order valence-electron chi connectivity index (χ4n) is 3.25. The molecule has 4 aromatic rings. The Morgan fingerprint density at radius 1 is 1.10 bits per heavy atom. The van der Waals surface area contributed by atoms with E-state index in [1.54, 1.807) is 30.1 Å². The van der Waals surface area contributed by atoms with Crippen molar-refractivity contribution in [3.63, 3.8) is 0 Å². The van der Waals surface area contributed by atoms with Gasteiger partial charge in [-0.25, -0.2) is 14.6 Å². The van der Waals surface area contributed by atoms with Gasteiger partial charge in [-0.1, -0.05) is 30.3 Å². The van der Waals surface area contributed by atoms with Gasteiger partial charge in [0.15, 0.2) is 12.3 Å². The summed E-state index contributed by atoms with van der Waals surface area (Å²) in [5.74, 6) is 0.563. The Balaban J connectivity index is 1.33. The summed E-state index contributed by atoms with van der Waals surface area (Å²) in [5, 5.41) is 7.92. The number of hydrogen-bond donors (Lipinski definition) is 1. The SMILES string of the molecule is Cc1cc(C)c2c(OCC(=O)Nc3ccc(OCc4ccccc4)nc3)nn(C)c2n1. The number of aromatic nitrogens is 4. The molecule has 0 saturated carbocycles. The summed E-state index contributed by atoms with van der Waals surface area (Å²) in [6.45, 7) is 4.16. The molecule has 8 nitrogen and oxygen atoms in total. The predicted molar refractivity (Wildman–Crippen MR) is 117 cm³/mol. The average molecular weight is 417 g/mol. The molecule has 0 unspecified atom stereocenters. The fraction of sp³-hybridized carbons (Fsp3) is 0.217. The molecule has 8 heteroatoms. The number of nitrogens with zero attached hydrogens (tertiary/aromatic N) is 4. The van der Waals surface area contributed by atoms with Crippen molar-refractivity contribution < 1.29 is 14.3 Å². The topological polar surface area (TPSA) is 91.2 Å². The lowest BCUT2D eigenvalue weighted by molar-refractivity contribution is -0.118. The zero-order valence-electron chi connectivity index (χ0n) is 17.6. The second-order valence-corrected chi connectivity index (χ2v) is 7.20. The Hall–Kier alpha value is -3.94. The second kappa shape index (κ2) is 8.83. The molecule has 0 radical (unpaired) electrons. The first-order valence-corrected chi connectivity index (χ1v) is 9.86. The van der Waals surface area contributed by atoms with Gasteiger partial charge in [0.2, 0.25) is 11.8 Å². The number of nitrogens with one attached hydrogen (secondary N) is 1. The first-order valence-electron chi connectivity index (χ1n) is 9.86. The van der Waals surface area contributed by atoms with Crippen LogP contribution in [0, 0.1) is 13.8 Å². The van der Waals surface area contributed by atoms with Crippen molar-refractivity contribution in [3.8, 4) is 11.8 Å². The van der Waals surface area contributed by atoms with E-state index < -0.39 is 0 Å². The van der Waals surface area contributed by atoms with Crippen LogP contribution < -0.4 is 14.8 Å². The van der Waals surface area contributed by atoms with Gasteiger partial charge in [-0.3, -0.25) is 4.79 Å². The number of aryl methyl sites for hydroxylation is 3. The van der Waals surface area contributed by atoms with E-state index in [0.29, 0.717) is 24.1 Å². The maximum Gasteiger partial charge on any atom is 0.262 e. The van der Waals surface area contributed by atoms with Gasteiger partial charge in [-0.2, -0.15) is 0 Å². The van der Waals surface area contributed by atoms with Gasteiger partial charge < -0.3 is 14.8 Å². The highest BCUT2D eigenvalue weighted by Crippen LogP contribution is 2.27. The van der Waals surface area contributed by atoms with E-state index in [1.165, 1.54) is 0 Å². The van der Waals surface area contributed by atoms with Crippen LogP contribution in [0.25, 0.3) is 11.0 Å². The number of pyridine rings is 2. The monoisotopic (exact) mass is 417 g/mol. The van der Waals surface area contributed by atoms with E-state index in [1.807, 2.05) is 50.2 Å². The zero-order valence-corrected chi connectivity index (χ0v) is 17.6. The lowest BCUT2D eigenvalue weighted by Gasteiger charge is -2.08. The smallest absolute Gasteiger partial charge is 0.262 e. The van der Waals surface area contributed by atoms with Crippen LogP contribution >= 0.6 is 0 Å². The lowest BCUT2D eigenvalue weighted by Crippen LogP contribution is -2.20. The van der Waals surface area contributed by atoms with Gasteiger partial charge in [0.05, 0.1) is 17.3 Å². The molecule has 0 fully saturated rings. The highest BCUT2D eigenvalue weighted by atomic mass is 16.5. The fourth-order valence-corrected chi connectivity index (χ4v) is 3.25. The number of fused-ring (bicyclic) bond motifs is 1. The number of amides is 1.